The molecule has 2 aromatic rings. The summed E-state index contributed by atoms with van der Waals surface area (Å²) in [5, 5.41) is 4.23. The highest BCUT2D eigenvalue weighted by atomic mass is 35.5. The van der Waals surface area contributed by atoms with Crippen molar-refractivity contribution in [3.63, 3.8) is 0 Å². The molecule has 0 radical (unpaired) electrons. The van der Waals surface area contributed by atoms with E-state index in [0.29, 0.717) is 23.0 Å². The third-order valence-electron chi connectivity index (χ3n) is 4.49. The minimum atomic E-state index is 0.653. The molecular formula is C16H18ClN3O. The molecule has 0 spiro atoms. The van der Waals surface area contributed by atoms with Crippen molar-refractivity contribution in [3.05, 3.63) is 40.7 Å². The lowest BCUT2D eigenvalue weighted by Crippen LogP contribution is -2.43. The first-order valence-corrected chi connectivity index (χ1v) is 7.76. The zero-order valence-electron chi connectivity index (χ0n) is 12.0. The van der Waals surface area contributed by atoms with Crippen LogP contribution in [0.5, 0.6) is 0 Å². The summed E-state index contributed by atoms with van der Waals surface area (Å²) in [4.78, 5) is 7.19. The minimum Gasteiger partial charge on any atom is -0.441 e. The minimum absolute atomic E-state index is 0.653. The molecule has 1 N–H and O–H groups in total. The Morgan fingerprint density at radius 1 is 1.48 bits per heavy atom. The van der Waals surface area contributed by atoms with Crippen LogP contribution in [-0.2, 0) is 6.54 Å². The molecule has 110 valence electrons. The topological polar surface area (TPSA) is 41.3 Å². The fraction of sp³-hybridized carbons (Fsp3) is 0.438. The Bertz CT molecular complexity index is 669. The quantitative estimate of drug-likeness (QED) is 0.946. The fourth-order valence-corrected chi connectivity index (χ4v) is 3.54. The van der Waals surface area contributed by atoms with Crippen molar-refractivity contribution in [2.45, 2.75) is 32.0 Å². The SMILES string of the molecule is Cc1oc(-c2cccc(Cl)c2)nc1CN1C[C@@H]2C[C@H]1CN2. The number of rotatable bonds is 3. The van der Waals surface area contributed by atoms with E-state index in [2.05, 4.69) is 15.2 Å². The van der Waals surface area contributed by atoms with Crippen LogP contribution in [0.15, 0.2) is 28.7 Å². The number of hydrogen-bond acceptors (Lipinski definition) is 4. The summed E-state index contributed by atoms with van der Waals surface area (Å²) in [6.45, 7) is 5.08. The Morgan fingerprint density at radius 3 is 3.10 bits per heavy atom. The second-order valence-corrected chi connectivity index (χ2v) is 6.39. The number of aromatic nitrogens is 1. The van der Waals surface area contributed by atoms with Crippen LogP contribution in [0.25, 0.3) is 11.5 Å². The molecule has 4 rings (SSSR count). The highest BCUT2D eigenvalue weighted by molar-refractivity contribution is 6.30. The molecular weight excluding hydrogens is 286 g/mol. The predicted octanol–water partition coefficient (Wildman–Crippen LogP) is 2.85. The van der Waals surface area contributed by atoms with Crippen LogP contribution >= 0.6 is 11.6 Å². The van der Waals surface area contributed by atoms with Crippen molar-refractivity contribution in [2.24, 2.45) is 0 Å². The van der Waals surface area contributed by atoms with Gasteiger partial charge < -0.3 is 9.73 Å². The number of aryl methyl sites for hydroxylation is 1. The second kappa shape index (κ2) is 5.13. The third kappa shape index (κ3) is 2.48. The molecule has 1 aromatic heterocycles. The zero-order valence-corrected chi connectivity index (χ0v) is 12.7. The number of piperazine rings is 1. The van der Waals surface area contributed by atoms with E-state index in [0.717, 1.165) is 36.7 Å². The van der Waals surface area contributed by atoms with Gasteiger partial charge in [-0.15, -0.1) is 0 Å². The maximum absolute atomic E-state index is 6.04. The number of halogens is 1. The smallest absolute Gasteiger partial charge is 0.226 e. The molecule has 2 atom stereocenters. The van der Waals surface area contributed by atoms with Crippen molar-refractivity contribution in [2.75, 3.05) is 13.1 Å². The van der Waals surface area contributed by atoms with Crippen molar-refractivity contribution >= 4 is 11.6 Å². The van der Waals surface area contributed by atoms with Crippen LogP contribution in [0.4, 0.5) is 0 Å². The summed E-state index contributed by atoms with van der Waals surface area (Å²) in [6.07, 6.45) is 1.26. The first-order chi connectivity index (χ1) is 10.2. The Hall–Kier alpha value is -1.36. The maximum Gasteiger partial charge on any atom is 0.226 e. The van der Waals surface area contributed by atoms with E-state index < -0.39 is 0 Å². The van der Waals surface area contributed by atoms with E-state index in [9.17, 15) is 0 Å². The first kappa shape index (κ1) is 13.3. The van der Waals surface area contributed by atoms with Gasteiger partial charge in [-0.05, 0) is 31.5 Å². The lowest BCUT2D eigenvalue weighted by molar-refractivity contribution is 0.214. The number of oxazole rings is 1. The highest BCUT2D eigenvalue weighted by Gasteiger charge is 2.37. The number of likely N-dealkylation sites (tertiary alicyclic amines) is 1. The Kier molecular flexibility index (Phi) is 3.25. The Morgan fingerprint density at radius 2 is 2.38 bits per heavy atom. The van der Waals surface area contributed by atoms with Crippen molar-refractivity contribution in [3.8, 4) is 11.5 Å². The highest BCUT2D eigenvalue weighted by Crippen LogP contribution is 2.28. The van der Waals surface area contributed by atoms with E-state index in [1.54, 1.807) is 0 Å². The molecule has 5 heteroatoms. The third-order valence-corrected chi connectivity index (χ3v) is 4.72. The zero-order chi connectivity index (χ0) is 14.4. The normalized spacial score (nSPS) is 24.9. The molecule has 4 nitrogen and oxygen atoms in total. The van der Waals surface area contributed by atoms with Gasteiger partial charge in [0.2, 0.25) is 5.89 Å². The van der Waals surface area contributed by atoms with Crippen LogP contribution in [0, 0.1) is 6.92 Å². The molecule has 2 bridgehead atoms. The van der Waals surface area contributed by atoms with Crippen LogP contribution in [0.1, 0.15) is 17.9 Å². The predicted molar refractivity (Wildman–Crippen MR) is 82.3 cm³/mol. The van der Waals surface area contributed by atoms with Gasteiger partial charge >= 0.3 is 0 Å². The lowest BCUT2D eigenvalue weighted by atomic mass is 10.2. The lowest BCUT2D eigenvalue weighted by Gasteiger charge is -2.26. The standard InChI is InChI=1S/C16H18ClN3O/c1-10-15(9-20-8-13-6-14(20)7-18-13)19-16(21-10)11-3-2-4-12(17)5-11/h2-5,13-14,18H,6-9H2,1H3/t13-,14-/m0/s1. The molecule has 2 fully saturated rings. The van der Waals surface area contributed by atoms with E-state index in [-0.39, 0.29) is 0 Å². The van der Waals surface area contributed by atoms with Crippen LogP contribution in [-0.4, -0.2) is 35.1 Å². The number of hydrogen-bond donors (Lipinski definition) is 1. The summed E-state index contributed by atoms with van der Waals surface area (Å²) in [5.41, 5.74) is 1.97. The van der Waals surface area contributed by atoms with Gasteiger partial charge in [-0.2, -0.15) is 0 Å². The second-order valence-electron chi connectivity index (χ2n) is 5.96. The van der Waals surface area contributed by atoms with Crippen LogP contribution < -0.4 is 5.32 Å². The molecule has 1 aromatic carbocycles. The molecule has 2 aliphatic rings. The van der Waals surface area contributed by atoms with Crippen LogP contribution in [0.3, 0.4) is 0 Å². The number of fused-ring (bicyclic) bond motifs is 2. The molecule has 0 amide bonds. The molecule has 2 saturated heterocycles. The van der Waals surface area contributed by atoms with Gasteiger partial charge in [0, 0.05) is 42.3 Å². The molecule has 3 heterocycles. The average molecular weight is 304 g/mol. The molecule has 2 aliphatic heterocycles. The van der Waals surface area contributed by atoms with E-state index in [4.69, 9.17) is 16.0 Å². The van der Waals surface area contributed by atoms with Crippen molar-refractivity contribution in [1.82, 2.24) is 15.2 Å². The van der Waals surface area contributed by atoms with E-state index in [1.807, 2.05) is 31.2 Å². The molecule has 0 aliphatic carbocycles. The molecule has 21 heavy (non-hydrogen) atoms. The van der Waals surface area contributed by atoms with Gasteiger partial charge in [-0.3, -0.25) is 4.90 Å². The largest absolute Gasteiger partial charge is 0.441 e. The molecule has 0 saturated carbocycles. The Labute approximate surface area is 129 Å². The summed E-state index contributed by atoms with van der Waals surface area (Å²) in [5.74, 6) is 1.56. The van der Waals surface area contributed by atoms with E-state index in [1.165, 1.54) is 6.42 Å². The summed E-state index contributed by atoms with van der Waals surface area (Å²) >= 11 is 6.04. The van der Waals surface area contributed by atoms with Gasteiger partial charge in [-0.25, -0.2) is 4.98 Å². The Balaban J connectivity index is 1.57. The number of benzene rings is 1. The van der Waals surface area contributed by atoms with Crippen molar-refractivity contribution in [1.29, 1.82) is 0 Å². The van der Waals surface area contributed by atoms with Crippen molar-refractivity contribution < 1.29 is 4.42 Å². The summed E-state index contributed by atoms with van der Waals surface area (Å²) in [7, 11) is 0. The first-order valence-electron chi connectivity index (χ1n) is 7.39. The number of nitrogens with zero attached hydrogens (tertiary/aromatic N) is 2. The fourth-order valence-electron chi connectivity index (χ4n) is 3.35. The van der Waals surface area contributed by atoms with Gasteiger partial charge in [0.15, 0.2) is 0 Å². The van der Waals surface area contributed by atoms with Crippen LogP contribution in [0.2, 0.25) is 5.02 Å². The maximum atomic E-state index is 6.04. The monoisotopic (exact) mass is 303 g/mol. The van der Waals surface area contributed by atoms with Gasteiger partial charge in [0.1, 0.15) is 5.76 Å². The van der Waals surface area contributed by atoms with Gasteiger partial charge in [0.05, 0.1) is 5.69 Å². The van der Waals surface area contributed by atoms with Gasteiger partial charge in [-0.1, -0.05) is 17.7 Å². The number of nitrogens with one attached hydrogen (secondary N) is 1. The van der Waals surface area contributed by atoms with Gasteiger partial charge in [0.25, 0.3) is 0 Å². The van der Waals surface area contributed by atoms with E-state index >= 15 is 0 Å². The summed E-state index contributed by atoms with van der Waals surface area (Å²) in [6, 6.07) is 8.95. The summed E-state index contributed by atoms with van der Waals surface area (Å²) < 4.78 is 5.83. The average Bonchev–Trinajstić information content (AvgIpc) is 3.16. The molecule has 0 unspecified atom stereocenters.